The third-order valence-electron chi connectivity index (χ3n) is 1.75. The molecule has 2 N–H and O–H groups in total. The van der Waals surface area contributed by atoms with E-state index >= 15 is 0 Å². The number of hydrogen-bond donors (Lipinski definition) is 1. The zero-order chi connectivity index (χ0) is 9.26. The molecule has 1 heterocycles. The summed E-state index contributed by atoms with van der Waals surface area (Å²) < 4.78 is 1.84. The summed E-state index contributed by atoms with van der Waals surface area (Å²) in [6, 6.07) is 5.39. The van der Waals surface area contributed by atoms with Crippen LogP contribution in [0.4, 0.5) is 5.69 Å². The van der Waals surface area contributed by atoms with Crippen molar-refractivity contribution in [1.82, 2.24) is 9.55 Å². The second kappa shape index (κ2) is 4.35. The Hall–Kier alpha value is -1.19. The lowest BCUT2D eigenvalue weighted by molar-refractivity contribution is 1.06. The molecule has 0 saturated carbocycles. The van der Waals surface area contributed by atoms with E-state index in [1.54, 1.807) is 24.7 Å². The van der Waals surface area contributed by atoms with E-state index in [1.807, 2.05) is 16.8 Å². The molecule has 74 valence electrons. The number of benzene rings is 1. The van der Waals surface area contributed by atoms with Crippen molar-refractivity contribution in [3.8, 4) is 5.69 Å². The van der Waals surface area contributed by atoms with Gasteiger partial charge >= 0.3 is 0 Å². The normalized spacial score (nSPS) is 9.50. The minimum atomic E-state index is 0. The standard InChI is InChI=1S/C9H8ClN3.ClH/c10-8-5-7(11)1-2-9(8)13-4-3-12-6-13;/h1-6H,11H2;1H. The van der Waals surface area contributed by atoms with Crippen molar-refractivity contribution >= 4 is 29.7 Å². The number of rotatable bonds is 1. The first-order chi connectivity index (χ1) is 6.27. The Labute approximate surface area is 92.9 Å². The van der Waals surface area contributed by atoms with Gasteiger partial charge in [0.2, 0.25) is 0 Å². The second-order valence-corrected chi connectivity index (χ2v) is 3.09. The highest BCUT2D eigenvalue weighted by atomic mass is 35.5. The Morgan fingerprint density at radius 2 is 2.14 bits per heavy atom. The van der Waals surface area contributed by atoms with Crippen LogP contribution in [0.2, 0.25) is 5.02 Å². The zero-order valence-electron chi connectivity index (χ0n) is 7.22. The molecule has 14 heavy (non-hydrogen) atoms. The first-order valence-corrected chi connectivity index (χ1v) is 4.18. The van der Waals surface area contributed by atoms with Gasteiger partial charge in [-0.05, 0) is 18.2 Å². The van der Waals surface area contributed by atoms with Gasteiger partial charge in [0.1, 0.15) is 0 Å². The van der Waals surface area contributed by atoms with Crippen LogP contribution in [0, 0.1) is 0 Å². The van der Waals surface area contributed by atoms with Gasteiger partial charge < -0.3 is 10.3 Å². The van der Waals surface area contributed by atoms with Crippen molar-refractivity contribution in [3.05, 3.63) is 41.9 Å². The number of hydrogen-bond acceptors (Lipinski definition) is 2. The second-order valence-electron chi connectivity index (χ2n) is 2.68. The van der Waals surface area contributed by atoms with Crippen LogP contribution in [-0.2, 0) is 0 Å². The quantitative estimate of drug-likeness (QED) is 0.765. The van der Waals surface area contributed by atoms with E-state index in [9.17, 15) is 0 Å². The van der Waals surface area contributed by atoms with Gasteiger partial charge in [0.25, 0.3) is 0 Å². The van der Waals surface area contributed by atoms with Crippen molar-refractivity contribution in [1.29, 1.82) is 0 Å². The highest BCUT2D eigenvalue weighted by Crippen LogP contribution is 2.22. The molecule has 0 aliphatic rings. The molecule has 3 nitrogen and oxygen atoms in total. The summed E-state index contributed by atoms with van der Waals surface area (Å²) in [6.07, 6.45) is 5.22. The third kappa shape index (κ3) is 2.00. The largest absolute Gasteiger partial charge is 0.399 e. The number of aromatic nitrogens is 2. The van der Waals surface area contributed by atoms with E-state index in [-0.39, 0.29) is 12.4 Å². The molecular formula is C9H9Cl2N3. The van der Waals surface area contributed by atoms with Crippen LogP contribution in [0.25, 0.3) is 5.69 Å². The smallest absolute Gasteiger partial charge is 0.0992 e. The summed E-state index contributed by atoms with van der Waals surface area (Å²) in [6.45, 7) is 0. The Kier molecular flexibility index (Phi) is 3.38. The third-order valence-corrected chi connectivity index (χ3v) is 2.06. The molecule has 1 aromatic carbocycles. The van der Waals surface area contributed by atoms with E-state index in [1.165, 1.54) is 0 Å². The van der Waals surface area contributed by atoms with Gasteiger partial charge in [0, 0.05) is 18.1 Å². The first kappa shape index (κ1) is 10.9. The van der Waals surface area contributed by atoms with Crippen molar-refractivity contribution in [3.63, 3.8) is 0 Å². The number of nitrogens with zero attached hydrogens (tertiary/aromatic N) is 2. The Bertz CT molecular complexity index is 412. The first-order valence-electron chi connectivity index (χ1n) is 3.81. The van der Waals surface area contributed by atoms with E-state index < -0.39 is 0 Å². The van der Waals surface area contributed by atoms with E-state index in [0.29, 0.717) is 10.7 Å². The Balaban J connectivity index is 0.000000980. The summed E-state index contributed by atoms with van der Waals surface area (Å²) in [5.74, 6) is 0. The molecule has 0 atom stereocenters. The Morgan fingerprint density at radius 3 is 2.71 bits per heavy atom. The van der Waals surface area contributed by atoms with Gasteiger partial charge in [-0.2, -0.15) is 0 Å². The topological polar surface area (TPSA) is 43.8 Å². The van der Waals surface area contributed by atoms with E-state index in [0.717, 1.165) is 5.69 Å². The lowest BCUT2D eigenvalue weighted by atomic mass is 10.3. The van der Waals surface area contributed by atoms with Gasteiger partial charge in [-0.1, -0.05) is 11.6 Å². The van der Waals surface area contributed by atoms with Gasteiger partial charge in [0.05, 0.1) is 17.0 Å². The maximum Gasteiger partial charge on any atom is 0.0992 e. The molecule has 2 aromatic rings. The minimum absolute atomic E-state index is 0. The van der Waals surface area contributed by atoms with Crippen molar-refractivity contribution in [2.24, 2.45) is 0 Å². The van der Waals surface area contributed by atoms with Gasteiger partial charge in [-0.15, -0.1) is 12.4 Å². The SMILES string of the molecule is Cl.Nc1ccc(-n2ccnc2)c(Cl)c1. The molecule has 0 fully saturated rings. The fourth-order valence-corrected chi connectivity index (χ4v) is 1.42. The molecule has 0 saturated heterocycles. The van der Waals surface area contributed by atoms with Crippen LogP contribution in [0.1, 0.15) is 0 Å². The Morgan fingerprint density at radius 1 is 1.36 bits per heavy atom. The number of nitrogen functional groups attached to an aromatic ring is 1. The number of anilines is 1. The molecule has 0 spiro atoms. The molecule has 0 aliphatic carbocycles. The van der Waals surface area contributed by atoms with E-state index in [4.69, 9.17) is 17.3 Å². The average Bonchev–Trinajstić information content (AvgIpc) is 2.56. The number of imidazole rings is 1. The summed E-state index contributed by atoms with van der Waals surface area (Å²) in [5.41, 5.74) is 7.12. The van der Waals surface area contributed by atoms with Crippen LogP contribution < -0.4 is 5.73 Å². The fraction of sp³-hybridized carbons (Fsp3) is 0. The summed E-state index contributed by atoms with van der Waals surface area (Å²) in [7, 11) is 0. The lowest BCUT2D eigenvalue weighted by Gasteiger charge is -2.04. The van der Waals surface area contributed by atoms with Crippen LogP contribution in [-0.4, -0.2) is 9.55 Å². The minimum Gasteiger partial charge on any atom is -0.399 e. The molecule has 0 bridgehead atoms. The zero-order valence-corrected chi connectivity index (χ0v) is 8.79. The molecule has 2 rings (SSSR count). The summed E-state index contributed by atoms with van der Waals surface area (Å²) in [5, 5.41) is 0.623. The summed E-state index contributed by atoms with van der Waals surface area (Å²) in [4.78, 5) is 3.94. The predicted molar refractivity (Wildman–Crippen MR) is 60.2 cm³/mol. The maximum atomic E-state index is 5.99. The van der Waals surface area contributed by atoms with Crippen LogP contribution >= 0.6 is 24.0 Å². The van der Waals surface area contributed by atoms with Gasteiger partial charge in [-0.25, -0.2) is 4.98 Å². The van der Waals surface area contributed by atoms with E-state index in [2.05, 4.69) is 4.98 Å². The molecule has 0 radical (unpaired) electrons. The van der Waals surface area contributed by atoms with Gasteiger partial charge in [-0.3, -0.25) is 0 Å². The molecule has 1 aromatic heterocycles. The number of halogens is 2. The predicted octanol–water partition coefficient (Wildman–Crippen LogP) is 2.53. The van der Waals surface area contributed by atoms with Crippen molar-refractivity contribution < 1.29 is 0 Å². The molecule has 0 aliphatic heterocycles. The lowest BCUT2D eigenvalue weighted by Crippen LogP contribution is -1.92. The molecule has 5 heteroatoms. The van der Waals surface area contributed by atoms with Crippen LogP contribution in [0.5, 0.6) is 0 Å². The van der Waals surface area contributed by atoms with Crippen molar-refractivity contribution in [2.45, 2.75) is 0 Å². The number of nitrogens with two attached hydrogens (primary N) is 1. The maximum absolute atomic E-state index is 5.99. The highest BCUT2D eigenvalue weighted by molar-refractivity contribution is 6.32. The van der Waals surface area contributed by atoms with Gasteiger partial charge in [0.15, 0.2) is 0 Å². The summed E-state index contributed by atoms with van der Waals surface area (Å²) >= 11 is 5.99. The highest BCUT2D eigenvalue weighted by Gasteiger charge is 2.01. The molecule has 0 amide bonds. The average molecular weight is 230 g/mol. The fourth-order valence-electron chi connectivity index (χ4n) is 1.13. The molecular weight excluding hydrogens is 221 g/mol. The monoisotopic (exact) mass is 229 g/mol. The van der Waals surface area contributed by atoms with Crippen molar-refractivity contribution in [2.75, 3.05) is 5.73 Å². The van der Waals surface area contributed by atoms with Crippen LogP contribution in [0.3, 0.4) is 0 Å². The molecule has 0 unspecified atom stereocenters. The van der Waals surface area contributed by atoms with Crippen LogP contribution in [0.15, 0.2) is 36.9 Å².